The van der Waals surface area contributed by atoms with E-state index < -0.39 is 11.3 Å². The maximum absolute atomic E-state index is 14.0. The van der Waals surface area contributed by atoms with E-state index in [1.54, 1.807) is 0 Å². The molecule has 0 saturated heterocycles. The lowest BCUT2D eigenvalue weighted by molar-refractivity contribution is -0.142. The van der Waals surface area contributed by atoms with Crippen molar-refractivity contribution in [3.8, 4) is 0 Å². The first-order chi connectivity index (χ1) is 30.3. The Morgan fingerprint density at radius 1 is 0.274 bits per heavy atom. The normalized spacial score (nSPS) is 14.4. The molecule has 8 nitrogen and oxygen atoms in total. The fourth-order valence-corrected chi connectivity index (χ4v) is 9.53. The molecular formula is C54H104N4O4. The summed E-state index contributed by atoms with van der Waals surface area (Å²) in [6, 6.07) is 0. The van der Waals surface area contributed by atoms with Crippen LogP contribution in [0.2, 0.25) is 0 Å². The van der Waals surface area contributed by atoms with E-state index in [-0.39, 0.29) is 23.6 Å². The number of carbonyl (C=O) groups excluding carboxylic acids is 4. The molecule has 1 rings (SSSR count). The van der Waals surface area contributed by atoms with Crippen LogP contribution in [0.4, 0.5) is 0 Å². The van der Waals surface area contributed by atoms with Crippen LogP contribution in [-0.4, -0.2) is 35.0 Å². The van der Waals surface area contributed by atoms with Gasteiger partial charge in [0.2, 0.25) is 23.6 Å². The quantitative estimate of drug-likeness (QED) is 0.0360. The molecule has 1 aliphatic carbocycles. The summed E-state index contributed by atoms with van der Waals surface area (Å²) in [7, 11) is 0. The lowest BCUT2D eigenvalue weighted by Crippen LogP contribution is -2.84. The smallest absolute Gasteiger partial charge is 0.221 e. The van der Waals surface area contributed by atoms with Crippen LogP contribution in [0, 0.1) is 0 Å². The highest BCUT2D eigenvalue weighted by Gasteiger charge is 2.56. The first-order valence-electron chi connectivity index (χ1n) is 27.5. The van der Waals surface area contributed by atoms with E-state index in [0.29, 0.717) is 38.5 Å². The summed E-state index contributed by atoms with van der Waals surface area (Å²) in [5.41, 5.74) is -2.61. The molecule has 1 aliphatic rings. The number of carbonyl (C=O) groups is 4. The number of hydrogen-bond acceptors (Lipinski definition) is 4. The van der Waals surface area contributed by atoms with Crippen molar-refractivity contribution >= 4 is 23.6 Å². The molecule has 62 heavy (non-hydrogen) atoms. The summed E-state index contributed by atoms with van der Waals surface area (Å²) < 4.78 is 0. The molecule has 0 radical (unpaired) electrons. The largest absolute Gasteiger partial charge is 0.330 e. The molecule has 4 amide bonds. The number of nitrogens with one attached hydrogen (secondary N) is 4. The average Bonchev–Trinajstić information content (AvgIpc) is 3.25. The zero-order valence-corrected chi connectivity index (χ0v) is 41.7. The van der Waals surface area contributed by atoms with Crippen molar-refractivity contribution in [2.45, 2.75) is 322 Å². The second kappa shape index (κ2) is 40.4. The van der Waals surface area contributed by atoms with Gasteiger partial charge in [0.05, 0.1) is 0 Å². The van der Waals surface area contributed by atoms with Gasteiger partial charge in [-0.25, -0.2) is 0 Å². The van der Waals surface area contributed by atoms with Crippen LogP contribution in [0.5, 0.6) is 0 Å². The summed E-state index contributed by atoms with van der Waals surface area (Å²) in [6.45, 7) is 8.98. The second-order valence-electron chi connectivity index (χ2n) is 19.5. The van der Waals surface area contributed by atoms with Crippen LogP contribution in [-0.2, 0) is 19.2 Å². The van der Waals surface area contributed by atoms with Gasteiger partial charge in [-0.15, -0.1) is 0 Å². The lowest BCUT2D eigenvalue weighted by atomic mass is 9.77. The van der Waals surface area contributed by atoms with Crippen molar-refractivity contribution < 1.29 is 19.2 Å². The highest BCUT2D eigenvalue weighted by molar-refractivity contribution is 5.84. The third-order valence-corrected chi connectivity index (χ3v) is 13.5. The van der Waals surface area contributed by atoms with Gasteiger partial charge in [0, 0.05) is 25.7 Å². The number of unbranched alkanes of at least 4 members (excludes halogenated alkanes) is 32. The Bertz CT molecular complexity index is 940. The predicted molar refractivity (Wildman–Crippen MR) is 264 cm³/mol. The van der Waals surface area contributed by atoms with E-state index in [9.17, 15) is 19.2 Å². The molecule has 0 aromatic rings. The van der Waals surface area contributed by atoms with Gasteiger partial charge in [0.15, 0.2) is 11.3 Å². The Hall–Kier alpha value is -2.12. The van der Waals surface area contributed by atoms with Crippen LogP contribution in [0.25, 0.3) is 0 Å². The number of rotatable bonds is 44. The topological polar surface area (TPSA) is 116 Å². The first kappa shape index (κ1) is 57.9. The molecular weight excluding hydrogens is 769 g/mol. The maximum Gasteiger partial charge on any atom is 0.221 e. The van der Waals surface area contributed by atoms with Gasteiger partial charge in [-0.05, 0) is 51.4 Å². The molecule has 1 fully saturated rings. The van der Waals surface area contributed by atoms with Crippen LogP contribution in [0.15, 0.2) is 0 Å². The van der Waals surface area contributed by atoms with Crippen molar-refractivity contribution in [1.82, 2.24) is 21.3 Å². The number of hydrogen-bond donors (Lipinski definition) is 4. The maximum atomic E-state index is 14.0. The Labute approximate surface area is 384 Å². The minimum atomic E-state index is -1.31. The molecule has 4 N–H and O–H groups in total. The zero-order valence-electron chi connectivity index (χ0n) is 41.7. The van der Waals surface area contributed by atoms with Gasteiger partial charge in [0.1, 0.15) is 0 Å². The van der Waals surface area contributed by atoms with Crippen molar-refractivity contribution in [2.24, 2.45) is 0 Å². The van der Waals surface area contributed by atoms with Crippen LogP contribution in [0.3, 0.4) is 0 Å². The molecule has 364 valence electrons. The Kier molecular flexibility index (Phi) is 37.7. The highest BCUT2D eigenvalue weighted by atomic mass is 16.2. The van der Waals surface area contributed by atoms with Crippen molar-refractivity contribution in [3.05, 3.63) is 0 Å². The molecule has 0 heterocycles. The molecule has 0 aromatic carbocycles. The van der Waals surface area contributed by atoms with Gasteiger partial charge in [-0.3, -0.25) is 19.2 Å². The Morgan fingerprint density at radius 2 is 0.435 bits per heavy atom. The third kappa shape index (κ3) is 29.3. The predicted octanol–water partition coefficient (Wildman–Crippen LogP) is 15.1. The van der Waals surface area contributed by atoms with Gasteiger partial charge in [-0.1, -0.05) is 233 Å². The van der Waals surface area contributed by atoms with E-state index in [1.807, 2.05) is 0 Å². The molecule has 0 atom stereocenters. The van der Waals surface area contributed by atoms with Crippen LogP contribution in [0.1, 0.15) is 310 Å². The molecule has 8 heteroatoms. The van der Waals surface area contributed by atoms with E-state index >= 15 is 0 Å². The Balaban J connectivity index is 3.15. The SMILES string of the molecule is CCCCCCCCCCCC(=O)NC1(NC(=O)CCCCCCCCCCC)CCCCC1(NC(=O)CCCCCCCCCCC)NC(=O)CCCCCCCCCCC. The van der Waals surface area contributed by atoms with Crippen LogP contribution >= 0.6 is 0 Å². The summed E-state index contributed by atoms with van der Waals surface area (Å²) in [4.78, 5) is 56.1. The molecule has 0 unspecified atom stereocenters. The first-order valence-corrected chi connectivity index (χ1v) is 27.5. The van der Waals surface area contributed by atoms with E-state index in [4.69, 9.17) is 0 Å². The van der Waals surface area contributed by atoms with Gasteiger partial charge in [0.25, 0.3) is 0 Å². The molecule has 1 saturated carbocycles. The summed E-state index contributed by atoms with van der Waals surface area (Å²) >= 11 is 0. The third-order valence-electron chi connectivity index (χ3n) is 13.5. The fraction of sp³-hybridized carbons (Fsp3) is 0.926. The highest BCUT2D eigenvalue weighted by Crippen LogP contribution is 2.35. The van der Waals surface area contributed by atoms with Gasteiger partial charge >= 0.3 is 0 Å². The monoisotopic (exact) mass is 873 g/mol. The summed E-state index contributed by atoms with van der Waals surface area (Å²) in [5, 5.41) is 13.3. The molecule has 0 aliphatic heterocycles. The summed E-state index contributed by atoms with van der Waals surface area (Å²) in [5.74, 6) is -0.485. The summed E-state index contributed by atoms with van der Waals surface area (Å²) in [6.07, 6.45) is 45.9. The van der Waals surface area contributed by atoms with E-state index in [2.05, 4.69) is 49.0 Å². The van der Waals surface area contributed by atoms with Crippen molar-refractivity contribution in [2.75, 3.05) is 0 Å². The average molecular weight is 873 g/mol. The van der Waals surface area contributed by atoms with Crippen molar-refractivity contribution in [1.29, 1.82) is 0 Å². The standard InChI is InChI=1S/C54H104N4O4/c1-5-9-13-17-21-25-29-33-37-43-49(59)55-53(56-50(60)44-38-34-30-26-22-18-14-10-6-2)47-41-42-48-54(53,57-51(61)45-39-35-31-27-23-19-15-11-7-3)58-52(62)46-40-36-32-28-24-20-16-12-8-4/h5-48H2,1-4H3,(H,55,59)(H,56,60)(H,57,61)(H,58,62). The minimum absolute atomic E-state index is 0.121. The minimum Gasteiger partial charge on any atom is -0.330 e. The lowest BCUT2D eigenvalue weighted by Gasteiger charge is -2.54. The molecule has 0 bridgehead atoms. The number of amides is 4. The second-order valence-corrected chi connectivity index (χ2v) is 19.5. The van der Waals surface area contributed by atoms with Crippen molar-refractivity contribution in [3.63, 3.8) is 0 Å². The van der Waals surface area contributed by atoms with Gasteiger partial charge < -0.3 is 21.3 Å². The van der Waals surface area contributed by atoms with E-state index in [1.165, 1.54) is 154 Å². The van der Waals surface area contributed by atoms with Gasteiger partial charge in [-0.2, -0.15) is 0 Å². The Morgan fingerprint density at radius 3 is 0.613 bits per heavy atom. The van der Waals surface area contributed by atoms with E-state index in [0.717, 1.165) is 89.9 Å². The molecule has 0 aromatic heterocycles. The van der Waals surface area contributed by atoms with Crippen LogP contribution < -0.4 is 21.3 Å². The fourth-order valence-electron chi connectivity index (χ4n) is 9.53. The zero-order chi connectivity index (χ0) is 45.3. The molecule has 0 spiro atoms.